The van der Waals surface area contributed by atoms with Gasteiger partial charge in [0.1, 0.15) is 5.88 Å². The number of nitrogens with zero attached hydrogens (tertiary/aromatic N) is 2. The van der Waals surface area contributed by atoms with E-state index in [1.54, 1.807) is 0 Å². The van der Waals surface area contributed by atoms with Gasteiger partial charge in [-0.05, 0) is 0 Å². The molecule has 0 spiro atoms. The van der Waals surface area contributed by atoms with E-state index in [-0.39, 0.29) is 17.8 Å². The lowest BCUT2D eigenvalue weighted by Gasteiger charge is -1.97. The number of hydrogen-bond donors (Lipinski definition) is 1. The Hall–Kier alpha value is -0.910. The number of hydrogen-bond acceptors (Lipinski definition) is 4. The SMILES string of the molecule is FC(F)CNc1nnc(CCl)o1. The van der Waals surface area contributed by atoms with Crippen molar-refractivity contribution in [1.82, 2.24) is 10.2 Å². The minimum Gasteiger partial charge on any atom is -0.407 e. The van der Waals surface area contributed by atoms with Crippen molar-refractivity contribution < 1.29 is 13.2 Å². The third-order valence-corrected chi connectivity index (χ3v) is 1.22. The zero-order valence-corrected chi connectivity index (χ0v) is 6.68. The molecule has 0 atom stereocenters. The van der Waals surface area contributed by atoms with Crippen LogP contribution in [-0.4, -0.2) is 23.2 Å². The van der Waals surface area contributed by atoms with Crippen LogP contribution in [-0.2, 0) is 5.88 Å². The number of halogens is 3. The van der Waals surface area contributed by atoms with E-state index in [1.165, 1.54) is 0 Å². The highest BCUT2D eigenvalue weighted by molar-refractivity contribution is 6.16. The van der Waals surface area contributed by atoms with Crippen molar-refractivity contribution in [3.63, 3.8) is 0 Å². The van der Waals surface area contributed by atoms with Crippen molar-refractivity contribution in [1.29, 1.82) is 0 Å². The van der Waals surface area contributed by atoms with Gasteiger partial charge in [0.25, 0.3) is 6.43 Å². The molecule has 0 aromatic carbocycles. The summed E-state index contributed by atoms with van der Waals surface area (Å²) in [4.78, 5) is 0. The number of alkyl halides is 3. The molecule has 1 aromatic heterocycles. The highest BCUT2D eigenvalue weighted by Gasteiger charge is 2.06. The standard InChI is InChI=1S/C5H6ClF2N3O/c6-1-4-10-11-5(12-4)9-2-3(7)8/h3H,1-2H2,(H,9,11). The molecule has 12 heavy (non-hydrogen) atoms. The van der Waals surface area contributed by atoms with E-state index in [4.69, 9.17) is 16.0 Å². The minimum atomic E-state index is -2.45. The van der Waals surface area contributed by atoms with E-state index in [0.717, 1.165) is 0 Å². The Morgan fingerprint density at radius 2 is 2.25 bits per heavy atom. The summed E-state index contributed by atoms with van der Waals surface area (Å²) in [5.74, 6) is 0.275. The van der Waals surface area contributed by atoms with Crippen LogP contribution in [0.15, 0.2) is 4.42 Å². The first-order valence-electron chi connectivity index (χ1n) is 3.12. The lowest BCUT2D eigenvalue weighted by atomic mass is 10.7. The van der Waals surface area contributed by atoms with E-state index >= 15 is 0 Å². The van der Waals surface area contributed by atoms with Crippen LogP contribution >= 0.6 is 11.6 Å². The summed E-state index contributed by atoms with van der Waals surface area (Å²) in [7, 11) is 0. The molecule has 0 bridgehead atoms. The van der Waals surface area contributed by atoms with Crippen molar-refractivity contribution in [3.05, 3.63) is 5.89 Å². The van der Waals surface area contributed by atoms with Gasteiger partial charge in [0, 0.05) is 0 Å². The predicted octanol–water partition coefficient (Wildman–Crippen LogP) is 1.49. The van der Waals surface area contributed by atoms with Gasteiger partial charge in [-0.25, -0.2) is 8.78 Å². The van der Waals surface area contributed by atoms with Gasteiger partial charge >= 0.3 is 6.01 Å². The van der Waals surface area contributed by atoms with Gasteiger partial charge in [0.05, 0.1) is 6.54 Å². The van der Waals surface area contributed by atoms with Gasteiger partial charge in [-0.3, -0.25) is 0 Å². The van der Waals surface area contributed by atoms with E-state index in [1.807, 2.05) is 0 Å². The third kappa shape index (κ3) is 2.61. The molecule has 68 valence electrons. The van der Waals surface area contributed by atoms with E-state index in [0.29, 0.717) is 0 Å². The van der Waals surface area contributed by atoms with Crippen molar-refractivity contribution in [2.45, 2.75) is 12.3 Å². The van der Waals surface area contributed by atoms with Gasteiger partial charge in [0.2, 0.25) is 5.89 Å². The summed E-state index contributed by atoms with van der Waals surface area (Å²) < 4.78 is 28.0. The van der Waals surface area contributed by atoms with E-state index in [2.05, 4.69) is 15.5 Å². The Kier molecular flexibility index (Phi) is 3.21. The highest BCUT2D eigenvalue weighted by Crippen LogP contribution is 2.07. The molecule has 0 radical (unpaired) electrons. The molecule has 0 amide bonds. The second-order valence-corrected chi connectivity index (χ2v) is 2.17. The molecule has 0 aliphatic rings. The van der Waals surface area contributed by atoms with Crippen LogP contribution in [0.4, 0.5) is 14.8 Å². The van der Waals surface area contributed by atoms with Crippen LogP contribution in [0.2, 0.25) is 0 Å². The van der Waals surface area contributed by atoms with Crippen molar-refractivity contribution >= 4 is 17.6 Å². The Balaban J connectivity index is 2.41. The normalized spacial score (nSPS) is 10.7. The van der Waals surface area contributed by atoms with Crippen LogP contribution in [0.25, 0.3) is 0 Å². The van der Waals surface area contributed by atoms with Crippen molar-refractivity contribution in [2.75, 3.05) is 11.9 Å². The quantitative estimate of drug-likeness (QED) is 0.743. The number of rotatable bonds is 4. The van der Waals surface area contributed by atoms with Crippen LogP contribution in [0.5, 0.6) is 0 Å². The summed E-state index contributed by atoms with van der Waals surface area (Å²) >= 11 is 5.33. The summed E-state index contributed by atoms with van der Waals surface area (Å²) in [6.07, 6.45) is -2.45. The van der Waals surface area contributed by atoms with Gasteiger partial charge in [-0.2, -0.15) is 0 Å². The first kappa shape index (κ1) is 9.18. The average molecular weight is 198 g/mol. The number of nitrogens with one attached hydrogen (secondary N) is 1. The van der Waals surface area contributed by atoms with Crippen LogP contribution in [0.1, 0.15) is 5.89 Å². The summed E-state index contributed by atoms with van der Waals surface area (Å²) in [5, 5.41) is 9.12. The first-order chi connectivity index (χ1) is 5.72. The molecular formula is C5H6ClF2N3O. The third-order valence-electron chi connectivity index (χ3n) is 0.989. The molecule has 0 aliphatic carbocycles. The molecule has 7 heteroatoms. The van der Waals surface area contributed by atoms with Crippen LogP contribution < -0.4 is 5.32 Å². The van der Waals surface area contributed by atoms with E-state index in [9.17, 15) is 8.78 Å². The average Bonchev–Trinajstić information content (AvgIpc) is 2.48. The molecule has 4 nitrogen and oxygen atoms in total. The summed E-state index contributed by atoms with van der Waals surface area (Å²) in [5.41, 5.74) is 0. The summed E-state index contributed by atoms with van der Waals surface area (Å²) in [6.45, 7) is -0.510. The van der Waals surface area contributed by atoms with Gasteiger partial charge in [-0.1, -0.05) is 5.10 Å². The molecule has 0 saturated heterocycles. The number of anilines is 1. The Morgan fingerprint density at radius 3 is 2.75 bits per heavy atom. The molecule has 0 saturated carbocycles. The molecule has 0 aliphatic heterocycles. The van der Waals surface area contributed by atoms with Crippen LogP contribution in [0, 0.1) is 0 Å². The zero-order valence-electron chi connectivity index (χ0n) is 5.93. The van der Waals surface area contributed by atoms with Crippen LogP contribution in [0.3, 0.4) is 0 Å². The fraction of sp³-hybridized carbons (Fsp3) is 0.600. The second kappa shape index (κ2) is 4.20. The van der Waals surface area contributed by atoms with Gasteiger partial charge < -0.3 is 9.73 Å². The minimum absolute atomic E-state index is 0.0362. The molecular weight excluding hydrogens is 192 g/mol. The fourth-order valence-electron chi connectivity index (χ4n) is 0.544. The van der Waals surface area contributed by atoms with Gasteiger partial charge in [0.15, 0.2) is 0 Å². The topological polar surface area (TPSA) is 51.0 Å². The van der Waals surface area contributed by atoms with Gasteiger partial charge in [-0.15, -0.1) is 16.7 Å². The first-order valence-corrected chi connectivity index (χ1v) is 3.66. The Morgan fingerprint density at radius 1 is 1.50 bits per heavy atom. The Labute approximate surface area is 71.9 Å². The lowest BCUT2D eigenvalue weighted by molar-refractivity contribution is 0.162. The molecule has 1 aromatic rings. The number of aromatic nitrogens is 2. The molecule has 0 unspecified atom stereocenters. The van der Waals surface area contributed by atoms with Crippen molar-refractivity contribution in [2.24, 2.45) is 0 Å². The molecule has 1 N–H and O–H groups in total. The smallest absolute Gasteiger partial charge is 0.315 e. The molecule has 1 rings (SSSR count). The Bertz CT molecular complexity index is 242. The largest absolute Gasteiger partial charge is 0.407 e. The maximum Gasteiger partial charge on any atom is 0.315 e. The lowest BCUT2D eigenvalue weighted by Crippen LogP contribution is -2.10. The predicted molar refractivity (Wildman–Crippen MR) is 38.3 cm³/mol. The second-order valence-electron chi connectivity index (χ2n) is 1.91. The highest BCUT2D eigenvalue weighted by atomic mass is 35.5. The monoisotopic (exact) mass is 197 g/mol. The summed E-state index contributed by atoms with van der Waals surface area (Å²) in [6, 6.07) is -0.0362. The van der Waals surface area contributed by atoms with E-state index < -0.39 is 13.0 Å². The molecule has 1 heterocycles. The van der Waals surface area contributed by atoms with Crippen molar-refractivity contribution in [3.8, 4) is 0 Å². The molecule has 0 fully saturated rings. The zero-order chi connectivity index (χ0) is 8.97. The maximum absolute atomic E-state index is 11.6. The fourth-order valence-corrected chi connectivity index (χ4v) is 0.652. The maximum atomic E-state index is 11.6.